The van der Waals surface area contributed by atoms with E-state index in [2.05, 4.69) is 15.6 Å². The number of aromatic nitrogens is 1. The lowest BCUT2D eigenvalue weighted by Gasteiger charge is -2.13. The van der Waals surface area contributed by atoms with Crippen molar-refractivity contribution in [1.29, 1.82) is 0 Å². The van der Waals surface area contributed by atoms with Crippen LogP contribution >= 0.6 is 12.2 Å². The molecule has 4 N–H and O–H groups in total. The molecule has 0 fully saturated rings. The number of nitrogens with one attached hydrogen (secondary N) is 2. The third kappa shape index (κ3) is 5.73. The number of primary amides is 1. The van der Waals surface area contributed by atoms with Crippen molar-refractivity contribution < 1.29 is 23.5 Å². The number of pyridine rings is 1. The highest BCUT2D eigenvalue weighted by atomic mass is 32.1. The highest BCUT2D eigenvalue weighted by Gasteiger charge is 2.16. The maximum absolute atomic E-state index is 14.9. The van der Waals surface area contributed by atoms with Gasteiger partial charge in [0.2, 0.25) is 5.91 Å². The first-order chi connectivity index (χ1) is 17.3. The Labute approximate surface area is 211 Å². The van der Waals surface area contributed by atoms with Crippen LogP contribution in [0.3, 0.4) is 0 Å². The van der Waals surface area contributed by atoms with E-state index in [0.29, 0.717) is 16.6 Å². The van der Waals surface area contributed by atoms with Crippen LogP contribution in [-0.2, 0) is 11.2 Å². The molecule has 1 heterocycles. The maximum Gasteiger partial charge on any atom is 0.252 e. The van der Waals surface area contributed by atoms with Gasteiger partial charge >= 0.3 is 0 Å². The van der Waals surface area contributed by atoms with Crippen molar-refractivity contribution in [3.63, 3.8) is 0 Å². The predicted octanol–water partition coefficient (Wildman–Crippen LogP) is 4.33. The minimum Gasteiger partial charge on any atom is -0.496 e. The zero-order chi connectivity index (χ0) is 25.7. The average molecular weight is 505 g/mol. The van der Waals surface area contributed by atoms with Gasteiger partial charge in [-0.3, -0.25) is 14.6 Å². The number of hydrogen-bond acceptors (Lipinski definition) is 6. The van der Waals surface area contributed by atoms with Gasteiger partial charge in [-0.2, -0.15) is 0 Å². The first-order valence-corrected chi connectivity index (χ1v) is 11.1. The summed E-state index contributed by atoms with van der Waals surface area (Å²) in [6, 6.07) is 18.0. The smallest absolute Gasteiger partial charge is 0.252 e. The molecule has 1 aromatic heterocycles. The molecule has 0 unspecified atom stereocenters. The van der Waals surface area contributed by atoms with Crippen molar-refractivity contribution in [2.45, 2.75) is 6.42 Å². The van der Waals surface area contributed by atoms with Crippen LogP contribution in [0.4, 0.5) is 10.1 Å². The zero-order valence-corrected chi connectivity index (χ0v) is 19.9. The van der Waals surface area contributed by atoms with E-state index in [1.54, 1.807) is 18.2 Å². The van der Waals surface area contributed by atoms with E-state index in [-0.39, 0.29) is 40.3 Å². The number of thiocarbonyl (C=S) groups is 1. The van der Waals surface area contributed by atoms with Crippen molar-refractivity contribution in [3.05, 3.63) is 89.9 Å². The predicted molar refractivity (Wildman–Crippen MR) is 138 cm³/mol. The molecule has 0 radical (unpaired) electrons. The van der Waals surface area contributed by atoms with Crippen LogP contribution in [0, 0.1) is 5.82 Å². The van der Waals surface area contributed by atoms with Gasteiger partial charge in [0.1, 0.15) is 11.5 Å². The minimum absolute atomic E-state index is 0.0389. The second-order valence-corrected chi connectivity index (χ2v) is 8.06. The second-order valence-electron chi connectivity index (χ2n) is 7.65. The SMILES string of the molecule is COc1cc2nccc(Oc3ccc(NC(=S)NC(=O)Cc4ccccc4)cc3F)c2cc1C(N)=O. The Bertz CT molecular complexity index is 1460. The number of ether oxygens (including phenoxy) is 2. The number of halogens is 1. The van der Waals surface area contributed by atoms with E-state index >= 15 is 0 Å². The molecule has 3 aromatic carbocycles. The van der Waals surface area contributed by atoms with Crippen LogP contribution < -0.4 is 25.8 Å². The molecule has 182 valence electrons. The molecule has 0 spiro atoms. The molecule has 0 aliphatic heterocycles. The fraction of sp³-hybridized carbons (Fsp3) is 0.0769. The monoisotopic (exact) mass is 504 g/mol. The second kappa shape index (κ2) is 10.8. The van der Waals surface area contributed by atoms with Crippen LogP contribution in [0.2, 0.25) is 0 Å². The van der Waals surface area contributed by atoms with Crippen LogP contribution in [0.15, 0.2) is 72.9 Å². The highest BCUT2D eigenvalue weighted by molar-refractivity contribution is 7.80. The molecule has 2 amide bonds. The Balaban J connectivity index is 1.47. The van der Waals surface area contributed by atoms with E-state index < -0.39 is 11.7 Å². The van der Waals surface area contributed by atoms with Gasteiger partial charge in [-0.15, -0.1) is 0 Å². The van der Waals surface area contributed by atoms with Crippen molar-refractivity contribution in [2.24, 2.45) is 5.73 Å². The van der Waals surface area contributed by atoms with Gasteiger partial charge in [0.15, 0.2) is 16.7 Å². The van der Waals surface area contributed by atoms with Gasteiger partial charge in [-0.25, -0.2) is 4.39 Å². The number of anilines is 1. The fourth-order valence-corrected chi connectivity index (χ4v) is 3.72. The number of nitrogens with two attached hydrogens (primary N) is 1. The summed E-state index contributed by atoms with van der Waals surface area (Å²) in [5.74, 6) is -1.18. The Morgan fingerprint density at radius 1 is 1.03 bits per heavy atom. The van der Waals surface area contributed by atoms with E-state index in [1.165, 1.54) is 31.5 Å². The summed E-state index contributed by atoms with van der Waals surface area (Å²) < 4.78 is 25.8. The van der Waals surface area contributed by atoms with Gasteiger partial charge in [0.25, 0.3) is 5.91 Å². The molecule has 0 saturated carbocycles. The molecule has 0 aliphatic rings. The molecule has 8 nitrogen and oxygen atoms in total. The summed E-state index contributed by atoms with van der Waals surface area (Å²) in [5, 5.41) is 5.84. The summed E-state index contributed by atoms with van der Waals surface area (Å²) in [6.07, 6.45) is 1.65. The highest BCUT2D eigenvalue weighted by Crippen LogP contribution is 2.34. The molecule has 0 bridgehead atoms. The lowest BCUT2D eigenvalue weighted by atomic mass is 10.1. The third-order valence-corrected chi connectivity index (χ3v) is 5.36. The average Bonchev–Trinajstić information content (AvgIpc) is 2.85. The third-order valence-electron chi connectivity index (χ3n) is 5.16. The number of rotatable bonds is 7. The summed E-state index contributed by atoms with van der Waals surface area (Å²) >= 11 is 5.16. The van der Waals surface area contributed by atoms with E-state index in [0.717, 1.165) is 5.56 Å². The van der Waals surface area contributed by atoms with Gasteiger partial charge in [0, 0.05) is 29.4 Å². The first-order valence-electron chi connectivity index (χ1n) is 10.7. The van der Waals surface area contributed by atoms with Crippen molar-refractivity contribution in [3.8, 4) is 17.2 Å². The summed E-state index contributed by atoms with van der Waals surface area (Å²) in [4.78, 5) is 28.2. The zero-order valence-electron chi connectivity index (χ0n) is 19.1. The number of fused-ring (bicyclic) bond motifs is 1. The maximum atomic E-state index is 14.9. The number of carbonyl (C=O) groups is 2. The van der Waals surface area contributed by atoms with Gasteiger partial charge in [-0.05, 0) is 42.0 Å². The molecular weight excluding hydrogens is 483 g/mol. The van der Waals surface area contributed by atoms with E-state index in [9.17, 15) is 14.0 Å². The standard InChI is InChI=1S/C26H21FN4O4S/c1-34-23-14-20-17(13-18(23)25(28)33)21(9-10-29-20)35-22-8-7-16(12-19(22)27)30-26(36)31-24(32)11-15-5-3-2-4-6-15/h2-10,12-14H,11H2,1H3,(H2,28,33)(H2,30,31,32,36). The van der Waals surface area contributed by atoms with Crippen LogP contribution in [0.5, 0.6) is 17.2 Å². The van der Waals surface area contributed by atoms with E-state index in [1.807, 2.05) is 30.3 Å². The molecule has 36 heavy (non-hydrogen) atoms. The molecule has 10 heteroatoms. The molecule has 4 rings (SSSR count). The summed E-state index contributed by atoms with van der Waals surface area (Å²) in [5.41, 5.74) is 7.24. The fourth-order valence-electron chi connectivity index (χ4n) is 3.49. The van der Waals surface area contributed by atoms with Gasteiger partial charge < -0.3 is 25.8 Å². The molecule has 0 atom stereocenters. The Morgan fingerprint density at radius 2 is 1.81 bits per heavy atom. The number of methoxy groups -OCH3 is 1. The minimum atomic E-state index is -0.683. The summed E-state index contributed by atoms with van der Waals surface area (Å²) in [6.45, 7) is 0. The normalized spacial score (nSPS) is 10.5. The number of benzene rings is 3. The Morgan fingerprint density at radius 3 is 2.50 bits per heavy atom. The van der Waals surface area contributed by atoms with Gasteiger partial charge in [-0.1, -0.05) is 30.3 Å². The number of nitrogens with zero attached hydrogens (tertiary/aromatic N) is 1. The van der Waals surface area contributed by atoms with Crippen molar-refractivity contribution in [1.82, 2.24) is 10.3 Å². The van der Waals surface area contributed by atoms with Crippen LogP contribution in [0.1, 0.15) is 15.9 Å². The number of carbonyl (C=O) groups excluding carboxylic acids is 2. The van der Waals surface area contributed by atoms with E-state index in [4.69, 9.17) is 27.4 Å². The number of hydrogen-bond donors (Lipinski definition) is 3. The number of amides is 2. The van der Waals surface area contributed by atoms with Crippen molar-refractivity contribution in [2.75, 3.05) is 12.4 Å². The summed E-state index contributed by atoms with van der Waals surface area (Å²) in [7, 11) is 1.42. The lowest BCUT2D eigenvalue weighted by Crippen LogP contribution is -2.35. The molecule has 0 aliphatic carbocycles. The molecular formula is C26H21FN4O4S. The van der Waals surface area contributed by atoms with Crippen molar-refractivity contribution >= 4 is 45.7 Å². The Kier molecular flexibility index (Phi) is 7.36. The quantitative estimate of drug-likeness (QED) is 0.321. The van der Waals surface area contributed by atoms with Crippen LogP contribution in [-0.4, -0.2) is 29.0 Å². The first kappa shape index (κ1) is 24.6. The lowest BCUT2D eigenvalue weighted by molar-refractivity contribution is -0.119. The van der Waals surface area contributed by atoms with Gasteiger partial charge in [0.05, 0.1) is 24.6 Å². The Hall–Kier alpha value is -4.57. The molecule has 4 aromatic rings. The topological polar surface area (TPSA) is 116 Å². The largest absolute Gasteiger partial charge is 0.496 e. The van der Waals surface area contributed by atoms with Crippen LogP contribution in [0.25, 0.3) is 10.9 Å². The molecule has 0 saturated heterocycles.